The summed E-state index contributed by atoms with van der Waals surface area (Å²) >= 11 is 4.89. The van der Waals surface area contributed by atoms with E-state index in [0.29, 0.717) is 5.15 Å². The van der Waals surface area contributed by atoms with Crippen LogP contribution in [-0.2, 0) is 16.9 Å². The Morgan fingerprint density at radius 3 is 2.37 bits per heavy atom. The number of hydrogen-bond donors (Lipinski definition) is 0. The summed E-state index contributed by atoms with van der Waals surface area (Å²) in [4.78, 5) is 4.01. The first-order valence-electron chi connectivity index (χ1n) is 6.40. The van der Waals surface area contributed by atoms with E-state index in [9.17, 15) is 4.55 Å². The molecule has 1 heterocycles. The van der Waals surface area contributed by atoms with Crippen molar-refractivity contribution in [1.82, 2.24) is 9.29 Å². The Morgan fingerprint density at radius 2 is 1.95 bits per heavy atom. The van der Waals surface area contributed by atoms with Crippen LogP contribution < -0.4 is 0 Å². The average molecular weight is 303 g/mol. The summed E-state index contributed by atoms with van der Waals surface area (Å²) in [6.45, 7) is 10.1. The van der Waals surface area contributed by atoms with E-state index in [1.54, 1.807) is 6.20 Å². The monoisotopic (exact) mass is 302 g/mol. The molecule has 1 aromatic heterocycles. The fourth-order valence-electron chi connectivity index (χ4n) is 1.94. The highest BCUT2D eigenvalue weighted by Crippen LogP contribution is 2.36. The highest BCUT2D eigenvalue weighted by Gasteiger charge is 2.42. The minimum absolute atomic E-state index is 0.290. The van der Waals surface area contributed by atoms with Gasteiger partial charge in [-0.3, -0.25) is 0 Å². The van der Waals surface area contributed by atoms with Crippen LogP contribution >= 0.6 is 11.6 Å². The van der Waals surface area contributed by atoms with Gasteiger partial charge in [0.1, 0.15) is 9.90 Å². The van der Waals surface area contributed by atoms with Gasteiger partial charge in [0.15, 0.2) is 0 Å². The van der Waals surface area contributed by atoms with E-state index in [0.717, 1.165) is 12.0 Å². The second-order valence-corrected chi connectivity index (χ2v) is 8.51. The maximum Gasteiger partial charge on any atom is 0.137 e. The van der Waals surface area contributed by atoms with E-state index in [1.807, 2.05) is 44.3 Å². The van der Waals surface area contributed by atoms with Crippen molar-refractivity contribution >= 4 is 23.0 Å². The molecule has 0 aliphatic heterocycles. The topological polar surface area (TPSA) is 39.2 Å². The zero-order chi connectivity index (χ0) is 14.8. The zero-order valence-corrected chi connectivity index (χ0v) is 14.1. The smallest absolute Gasteiger partial charge is 0.137 e. The van der Waals surface area contributed by atoms with E-state index in [4.69, 9.17) is 11.6 Å². The molecule has 3 nitrogen and oxygen atoms in total. The number of rotatable bonds is 4. The van der Waals surface area contributed by atoms with Crippen LogP contribution in [0.2, 0.25) is 5.15 Å². The molecule has 0 saturated carbocycles. The molecule has 2 unspecified atom stereocenters. The Kier molecular flexibility index (Phi) is 5.29. The molecule has 0 radical (unpaired) electrons. The summed E-state index contributed by atoms with van der Waals surface area (Å²) in [5.41, 5.74) is 0.708. The van der Waals surface area contributed by atoms with Crippen molar-refractivity contribution in [3.05, 3.63) is 29.0 Å². The van der Waals surface area contributed by atoms with Crippen LogP contribution in [0.5, 0.6) is 0 Å². The van der Waals surface area contributed by atoms with Gasteiger partial charge in [-0.1, -0.05) is 18.5 Å². The highest BCUT2D eigenvalue weighted by atomic mass is 35.5. The van der Waals surface area contributed by atoms with Crippen LogP contribution in [0.1, 0.15) is 46.6 Å². The van der Waals surface area contributed by atoms with Crippen molar-refractivity contribution in [2.45, 2.75) is 51.3 Å². The Bertz CT molecular complexity index is 436. The van der Waals surface area contributed by atoms with Gasteiger partial charge in [-0.2, -0.15) is 0 Å². The van der Waals surface area contributed by atoms with Gasteiger partial charge in [0.25, 0.3) is 0 Å². The van der Waals surface area contributed by atoms with E-state index >= 15 is 0 Å². The summed E-state index contributed by atoms with van der Waals surface area (Å²) in [6, 6.07) is 3.78. The molecule has 1 aromatic rings. The van der Waals surface area contributed by atoms with Gasteiger partial charge in [-0.15, -0.1) is 4.31 Å². The molecular formula is C14H23ClN2OS. The Balaban J connectivity index is 3.17. The van der Waals surface area contributed by atoms with Crippen molar-refractivity contribution in [2.24, 2.45) is 0 Å². The summed E-state index contributed by atoms with van der Waals surface area (Å²) in [7, 11) is 1.90. The second kappa shape index (κ2) is 6.00. The summed E-state index contributed by atoms with van der Waals surface area (Å²) < 4.78 is 14.3. The molecule has 0 aliphatic rings. The molecule has 0 aromatic carbocycles. The molecule has 0 spiro atoms. The predicted octanol–water partition coefficient (Wildman–Crippen LogP) is 3.75. The van der Waals surface area contributed by atoms with Crippen LogP contribution in [0.25, 0.3) is 0 Å². The zero-order valence-electron chi connectivity index (χ0n) is 12.5. The molecule has 0 saturated heterocycles. The van der Waals surface area contributed by atoms with Crippen LogP contribution in [0.4, 0.5) is 0 Å². The van der Waals surface area contributed by atoms with E-state index in [1.165, 1.54) is 0 Å². The fraction of sp³-hybridized carbons (Fsp3) is 0.643. The lowest BCUT2D eigenvalue weighted by Crippen LogP contribution is -2.50. The molecule has 1 rings (SSSR count). The third-order valence-corrected chi connectivity index (χ3v) is 5.66. The number of halogens is 1. The molecule has 108 valence electrons. The maximum atomic E-state index is 12.6. The maximum absolute atomic E-state index is 12.6. The van der Waals surface area contributed by atoms with E-state index in [2.05, 4.69) is 18.8 Å². The molecule has 2 atom stereocenters. The first kappa shape index (κ1) is 16.8. The van der Waals surface area contributed by atoms with Crippen molar-refractivity contribution in [2.75, 3.05) is 7.05 Å². The largest absolute Gasteiger partial charge is 0.597 e. The minimum atomic E-state index is -1.09. The fourth-order valence-corrected chi connectivity index (χ4v) is 3.54. The van der Waals surface area contributed by atoms with Crippen molar-refractivity contribution in [3.8, 4) is 0 Å². The minimum Gasteiger partial charge on any atom is -0.597 e. The van der Waals surface area contributed by atoms with Crippen LogP contribution in [0, 0.1) is 0 Å². The Hall–Kier alpha value is -0.290. The van der Waals surface area contributed by atoms with Gasteiger partial charge in [0.05, 0.1) is 5.54 Å². The van der Waals surface area contributed by atoms with Gasteiger partial charge in [-0.05, 0) is 51.8 Å². The number of pyridine rings is 1. The lowest BCUT2D eigenvalue weighted by Gasteiger charge is -2.41. The van der Waals surface area contributed by atoms with Gasteiger partial charge < -0.3 is 4.55 Å². The van der Waals surface area contributed by atoms with Gasteiger partial charge in [-0.25, -0.2) is 4.98 Å². The van der Waals surface area contributed by atoms with Gasteiger partial charge in [0, 0.05) is 24.6 Å². The summed E-state index contributed by atoms with van der Waals surface area (Å²) in [5, 5.41) is 0.465. The van der Waals surface area contributed by atoms with Crippen molar-refractivity contribution in [3.63, 3.8) is 0 Å². The van der Waals surface area contributed by atoms with E-state index < -0.39 is 11.4 Å². The standard InChI is InChI=1S/C14H23ClN2OS/c1-7-14(5,11-8-9-16-12(15)10-11)17(6)19(18)13(2,3)4/h8-10H,7H2,1-6H3. The molecule has 19 heavy (non-hydrogen) atoms. The number of nitrogens with zero attached hydrogens (tertiary/aromatic N) is 2. The molecule has 0 aliphatic carbocycles. The quantitative estimate of drug-likeness (QED) is 0.628. The number of hydrogen-bond acceptors (Lipinski definition) is 3. The highest BCUT2D eigenvalue weighted by molar-refractivity contribution is 7.90. The lowest BCUT2D eigenvalue weighted by molar-refractivity contribution is 0.229. The van der Waals surface area contributed by atoms with Gasteiger partial charge in [0.2, 0.25) is 0 Å². The van der Waals surface area contributed by atoms with Crippen LogP contribution in [-0.4, -0.2) is 25.6 Å². The van der Waals surface area contributed by atoms with Crippen LogP contribution in [0.3, 0.4) is 0 Å². The average Bonchev–Trinajstić information content (AvgIpc) is 2.34. The van der Waals surface area contributed by atoms with Crippen molar-refractivity contribution in [1.29, 1.82) is 0 Å². The number of aromatic nitrogens is 1. The summed E-state index contributed by atoms with van der Waals surface area (Å²) in [6.07, 6.45) is 2.53. The van der Waals surface area contributed by atoms with Crippen LogP contribution in [0.15, 0.2) is 18.3 Å². The van der Waals surface area contributed by atoms with Crippen molar-refractivity contribution < 1.29 is 4.55 Å². The Labute approximate surface area is 124 Å². The molecule has 0 bridgehead atoms. The SMILES string of the molecule is CCC(C)(c1ccnc(Cl)c1)N(C)[S+]([O-])C(C)(C)C. The lowest BCUT2D eigenvalue weighted by atomic mass is 9.90. The predicted molar refractivity (Wildman–Crippen MR) is 82.5 cm³/mol. The molecule has 0 N–H and O–H groups in total. The summed E-state index contributed by atoms with van der Waals surface area (Å²) in [5.74, 6) is 0. The molecule has 5 heteroatoms. The molecule has 0 fully saturated rings. The second-order valence-electron chi connectivity index (χ2n) is 5.85. The first-order chi connectivity index (χ1) is 8.63. The first-order valence-corrected chi connectivity index (χ1v) is 7.89. The third-order valence-electron chi connectivity index (χ3n) is 3.50. The third kappa shape index (κ3) is 3.63. The molecular weight excluding hydrogens is 280 g/mol. The normalized spacial score (nSPS) is 17.3. The van der Waals surface area contributed by atoms with Gasteiger partial charge >= 0.3 is 0 Å². The Morgan fingerprint density at radius 1 is 1.37 bits per heavy atom. The molecule has 0 amide bonds. The van der Waals surface area contributed by atoms with E-state index in [-0.39, 0.29) is 10.3 Å².